The second kappa shape index (κ2) is 10.8. The number of hydrogen-bond donors (Lipinski definition) is 2. The van der Waals surface area contributed by atoms with Crippen LogP contribution in [-0.4, -0.2) is 48.6 Å². The fourth-order valence-electron chi connectivity index (χ4n) is 2.71. The summed E-state index contributed by atoms with van der Waals surface area (Å²) < 4.78 is 14.2. The monoisotopic (exact) mass is 387 g/mol. The van der Waals surface area contributed by atoms with Gasteiger partial charge in [-0.1, -0.05) is 36.4 Å². The number of methoxy groups -OCH3 is 2. The molecule has 0 fully saturated rings. The Balaban J connectivity index is 2.07. The predicted molar refractivity (Wildman–Crippen MR) is 104 cm³/mol. The first-order valence-electron chi connectivity index (χ1n) is 8.74. The van der Waals surface area contributed by atoms with E-state index in [0.29, 0.717) is 19.6 Å². The Kier molecular flexibility index (Phi) is 8.17. The fourth-order valence-corrected chi connectivity index (χ4v) is 2.71. The van der Waals surface area contributed by atoms with E-state index < -0.39 is 6.16 Å². The van der Waals surface area contributed by atoms with Crippen molar-refractivity contribution in [3.63, 3.8) is 0 Å². The van der Waals surface area contributed by atoms with Crippen molar-refractivity contribution in [2.24, 2.45) is 0 Å². The number of carbonyl (C=O) groups excluding carboxylic acids is 1. The summed E-state index contributed by atoms with van der Waals surface area (Å²) in [5.41, 5.74) is 1.87. The topological polar surface area (TPSA) is 88.5 Å². The molecular formula is C21H25NO6. The lowest BCUT2D eigenvalue weighted by Gasteiger charge is -2.21. The lowest BCUT2D eigenvalue weighted by molar-refractivity contribution is 0.0817. The van der Waals surface area contributed by atoms with E-state index in [4.69, 9.17) is 9.47 Å². The van der Waals surface area contributed by atoms with Crippen LogP contribution < -0.4 is 4.74 Å². The molecule has 0 aromatic heterocycles. The second-order valence-corrected chi connectivity index (χ2v) is 6.06. The van der Waals surface area contributed by atoms with Gasteiger partial charge >= 0.3 is 6.16 Å². The first-order valence-corrected chi connectivity index (χ1v) is 8.74. The van der Waals surface area contributed by atoms with Crippen LogP contribution in [-0.2, 0) is 22.6 Å². The Hall–Kier alpha value is -3.19. The number of ether oxygens (including phenoxy) is 3. The molecule has 2 N–H and O–H groups in total. The number of rotatable bonds is 9. The predicted octanol–water partition coefficient (Wildman–Crippen LogP) is 3.45. The summed E-state index contributed by atoms with van der Waals surface area (Å²) >= 11 is 0. The zero-order valence-corrected chi connectivity index (χ0v) is 16.0. The van der Waals surface area contributed by atoms with E-state index >= 15 is 0 Å². The van der Waals surface area contributed by atoms with Crippen molar-refractivity contribution >= 4 is 6.16 Å². The fraction of sp³-hybridized carbons (Fsp3) is 0.286. The lowest BCUT2D eigenvalue weighted by Crippen LogP contribution is -2.23. The van der Waals surface area contributed by atoms with Gasteiger partial charge in [0, 0.05) is 19.6 Å². The summed E-state index contributed by atoms with van der Waals surface area (Å²) in [4.78, 5) is 13.1. The Morgan fingerprint density at radius 1 is 1.00 bits per heavy atom. The van der Waals surface area contributed by atoms with E-state index in [0.717, 1.165) is 11.1 Å². The van der Waals surface area contributed by atoms with Crippen molar-refractivity contribution in [2.75, 3.05) is 27.4 Å². The zero-order valence-electron chi connectivity index (χ0n) is 16.0. The molecule has 0 atom stereocenters. The third-order valence-corrected chi connectivity index (χ3v) is 3.96. The molecular weight excluding hydrogens is 362 g/mol. The van der Waals surface area contributed by atoms with Gasteiger partial charge in [-0.05, 0) is 29.3 Å². The van der Waals surface area contributed by atoms with Crippen LogP contribution in [0.1, 0.15) is 11.1 Å². The summed E-state index contributed by atoms with van der Waals surface area (Å²) in [5, 5.41) is 20.0. The Bertz CT molecular complexity index is 768. The zero-order chi connectivity index (χ0) is 20.4. The molecule has 28 heavy (non-hydrogen) atoms. The molecule has 0 radical (unpaired) electrons. The van der Waals surface area contributed by atoms with Crippen molar-refractivity contribution in [3.8, 4) is 17.2 Å². The van der Waals surface area contributed by atoms with Crippen LogP contribution in [0.3, 0.4) is 0 Å². The van der Waals surface area contributed by atoms with Gasteiger partial charge in [0.25, 0.3) is 0 Å². The summed E-state index contributed by atoms with van der Waals surface area (Å²) in [6.07, 6.45) is 2.89. The van der Waals surface area contributed by atoms with Crippen molar-refractivity contribution in [1.29, 1.82) is 0 Å². The van der Waals surface area contributed by atoms with Gasteiger partial charge < -0.3 is 24.4 Å². The van der Waals surface area contributed by atoms with Crippen LogP contribution in [0.15, 0.2) is 54.6 Å². The number of carbonyl (C=O) groups is 1. The van der Waals surface area contributed by atoms with Gasteiger partial charge in [-0.2, -0.15) is 0 Å². The summed E-state index contributed by atoms with van der Waals surface area (Å²) in [5.74, 6) is -0.170. The number of phenolic OH excluding ortho intramolecular Hbond substituents is 2. The summed E-state index contributed by atoms with van der Waals surface area (Å²) in [7, 11) is 2.64. The molecule has 2 aromatic carbocycles. The van der Waals surface area contributed by atoms with Gasteiger partial charge in [0.2, 0.25) is 5.75 Å². The highest BCUT2D eigenvalue weighted by atomic mass is 16.7. The van der Waals surface area contributed by atoms with Crippen LogP contribution in [0.4, 0.5) is 4.79 Å². The molecule has 0 spiro atoms. The van der Waals surface area contributed by atoms with E-state index in [1.165, 1.54) is 14.2 Å². The van der Waals surface area contributed by atoms with Crippen molar-refractivity contribution < 1.29 is 29.2 Å². The van der Waals surface area contributed by atoms with Crippen molar-refractivity contribution in [3.05, 3.63) is 65.7 Å². The number of hydrogen-bond acceptors (Lipinski definition) is 7. The van der Waals surface area contributed by atoms with Gasteiger partial charge in [-0.3, -0.25) is 4.90 Å². The SMILES string of the molecule is COC(=O)OC/C=C/CN(Cc1ccccc1)Cc1cc(O)c(OC)c(O)c1. The van der Waals surface area contributed by atoms with Gasteiger partial charge in [0.15, 0.2) is 11.5 Å². The molecule has 0 bridgehead atoms. The van der Waals surface area contributed by atoms with Crippen LogP contribution in [0.5, 0.6) is 17.2 Å². The highest BCUT2D eigenvalue weighted by molar-refractivity contribution is 5.59. The third-order valence-electron chi connectivity index (χ3n) is 3.96. The van der Waals surface area contributed by atoms with Crippen LogP contribution in [0.25, 0.3) is 0 Å². The first kappa shape index (κ1) is 21.1. The smallest absolute Gasteiger partial charge is 0.504 e. The van der Waals surface area contributed by atoms with Crippen molar-refractivity contribution in [2.45, 2.75) is 13.1 Å². The third kappa shape index (κ3) is 6.51. The molecule has 150 valence electrons. The second-order valence-electron chi connectivity index (χ2n) is 6.06. The van der Waals surface area contributed by atoms with E-state index in [9.17, 15) is 15.0 Å². The molecule has 0 saturated carbocycles. The molecule has 0 amide bonds. The van der Waals surface area contributed by atoms with Gasteiger partial charge in [-0.15, -0.1) is 0 Å². The molecule has 0 unspecified atom stereocenters. The molecule has 7 heteroatoms. The van der Waals surface area contributed by atoms with Crippen molar-refractivity contribution in [1.82, 2.24) is 4.90 Å². The van der Waals surface area contributed by atoms with Crippen LogP contribution in [0, 0.1) is 0 Å². The van der Waals surface area contributed by atoms with E-state index in [-0.39, 0.29) is 23.9 Å². The summed E-state index contributed by atoms with van der Waals surface area (Å²) in [6, 6.07) is 13.1. The van der Waals surface area contributed by atoms with Crippen LogP contribution >= 0.6 is 0 Å². The van der Waals surface area contributed by atoms with Crippen LogP contribution in [0.2, 0.25) is 0 Å². The summed E-state index contributed by atoms with van der Waals surface area (Å²) in [6.45, 7) is 1.85. The molecule has 0 heterocycles. The highest BCUT2D eigenvalue weighted by Gasteiger charge is 2.13. The lowest BCUT2D eigenvalue weighted by atomic mass is 10.1. The maximum atomic E-state index is 11.0. The number of benzene rings is 2. The van der Waals surface area contributed by atoms with E-state index in [1.807, 2.05) is 36.4 Å². The molecule has 0 aliphatic heterocycles. The average Bonchev–Trinajstić information content (AvgIpc) is 2.68. The maximum Gasteiger partial charge on any atom is 0.508 e. The average molecular weight is 387 g/mol. The number of aromatic hydroxyl groups is 2. The number of phenols is 2. The molecule has 0 aliphatic rings. The molecule has 0 saturated heterocycles. The minimum absolute atomic E-state index is 0.0539. The Morgan fingerprint density at radius 2 is 1.64 bits per heavy atom. The number of nitrogens with zero attached hydrogens (tertiary/aromatic N) is 1. The highest BCUT2D eigenvalue weighted by Crippen LogP contribution is 2.36. The minimum Gasteiger partial charge on any atom is -0.504 e. The quantitative estimate of drug-likeness (QED) is 0.503. The van der Waals surface area contributed by atoms with Gasteiger partial charge in [0.05, 0.1) is 14.2 Å². The molecule has 2 rings (SSSR count). The van der Waals surface area contributed by atoms with E-state index in [1.54, 1.807) is 18.2 Å². The van der Waals surface area contributed by atoms with Gasteiger partial charge in [-0.25, -0.2) is 4.79 Å². The maximum absolute atomic E-state index is 11.0. The Labute approximate surface area is 164 Å². The minimum atomic E-state index is -0.727. The normalized spacial score (nSPS) is 11.0. The van der Waals surface area contributed by atoms with Gasteiger partial charge in [0.1, 0.15) is 6.61 Å². The first-order chi connectivity index (χ1) is 13.5. The largest absolute Gasteiger partial charge is 0.508 e. The van der Waals surface area contributed by atoms with E-state index in [2.05, 4.69) is 9.64 Å². The Morgan fingerprint density at radius 3 is 2.25 bits per heavy atom. The standard InChI is InChI=1S/C21H25NO6/c1-26-20-18(23)12-17(13-19(20)24)15-22(14-16-8-4-3-5-9-16)10-6-7-11-28-21(25)27-2/h3-9,12-13,23-24H,10-11,14-15H2,1-2H3/b7-6+. The molecule has 0 aliphatic carbocycles. The molecule has 2 aromatic rings. The molecule has 7 nitrogen and oxygen atoms in total.